The van der Waals surface area contributed by atoms with Gasteiger partial charge in [0.25, 0.3) is 0 Å². The number of aliphatic hydroxyl groups excluding tert-OH is 10. The number of hydrogen-bond donors (Lipinski definition) is 11. The van der Waals surface area contributed by atoms with Crippen LogP contribution in [0.5, 0.6) is 0 Å². The molecule has 0 aromatic rings. The van der Waals surface area contributed by atoms with Crippen LogP contribution in [0, 0.1) is 0 Å². The zero-order chi connectivity index (χ0) is 20.8. The van der Waals surface area contributed by atoms with Crippen molar-refractivity contribution in [3.8, 4) is 0 Å². The number of phosphoric ester groups is 1. The summed E-state index contributed by atoms with van der Waals surface area (Å²) in [6.07, 6.45) is -25.0. The second-order valence-electron chi connectivity index (χ2n) is 6.51. The van der Waals surface area contributed by atoms with Crippen LogP contribution in [0.15, 0.2) is 0 Å². The lowest BCUT2D eigenvalue weighted by Gasteiger charge is -2.43. The van der Waals surface area contributed by atoms with Crippen LogP contribution in [0.4, 0.5) is 0 Å². The third-order valence-electron chi connectivity index (χ3n) is 4.66. The van der Waals surface area contributed by atoms with Crippen molar-refractivity contribution in [2.24, 2.45) is 0 Å². The molecule has 0 aromatic carbocycles. The van der Waals surface area contributed by atoms with Gasteiger partial charge in [0.05, 0.1) is 0 Å². The second-order valence-corrected chi connectivity index (χ2v) is 7.87. The van der Waals surface area contributed by atoms with Gasteiger partial charge in [-0.15, -0.1) is 0 Å². The van der Waals surface area contributed by atoms with Crippen molar-refractivity contribution < 1.29 is 69.6 Å². The Bertz CT molecular complexity index is 486. The highest BCUT2D eigenvalue weighted by Gasteiger charge is 2.54. The largest absolute Gasteiger partial charge is 0.473 e. The highest BCUT2D eigenvalue weighted by atomic mass is 31.2. The van der Waals surface area contributed by atoms with Gasteiger partial charge < -0.3 is 56.0 Å². The van der Waals surface area contributed by atoms with E-state index in [9.17, 15) is 60.5 Å². The molecule has 0 aromatic heterocycles. The highest BCUT2D eigenvalue weighted by Crippen LogP contribution is 2.49. The fourth-order valence-corrected chi connectivity index (χ4v) is 4.14. The molecular formula is C12H23O14P. The fourth-order valence-electron chi connectivity index (χ4n) is 2.98. The van der Waals surface area contributed by atoms with E-state index in [-0.39, 0.29) is 0 Å². The van der Waals surface area contributed by atoms with Crippen molar-refractivity contribution in [1.29, 1.82) is 0 Å². The maximum atomic E-state index is 12.1. The van der Waals surface area contributed by atoms with E-state index in [1.807, 2.05) is 0 Å². The van der Waals surface area contributed by atoms with Gasteiger partial charge >= 0.3 is 7.82 Å². The molecule has 2 aliphatic carbocycles. The first-order chi connectivity index (χ1) is 12.3. The van der Waals surface area contributed by atoms with Crippen molar-refractivity contribution in [3.05, 3.63) is 0 Å². The predicted molar refractivity (Wildman–Crippen MR) is 79.6 cm³/mol. The number of phosphoric acid groups is 1. The Morgan fingerprint density at radius 1 is 0.444 bits per heavy atom. The minimum atomic E-state index is -5.37. The molecule has 11 N–H and O–H groups in total. The monoisotopic (exact) mass is 422 g/mol. The van der Waals surface area contributed by atoms with E-state index in [1.54, 1.807) is 0 Å². The third kappa shape index (κ3) is 4.34. The first-order valence-electron chi connectivity index (χ1n) is 7.80. The van der Waals surface area contributed by atoms with Gasteiger partial charge in [0.2, 0.25) is 0 Å². The lowest BCUT2D eigenvalue weighted by molar-refractivity contribution is -0.231. The minimum absolute atomic E-state index is 1.98. The zero-order valence-corrected chi connectivity index (χ0v) is 14.4. The van der Waals surface area contributed by atoms with E-state index in [2.05, 4.69) is 9.05 Å². The Balaban J connectivity index is 2.15. The summed E-state index contributed by atoms with van der Waals surface area (Å²) in [6.45, 7) is 0. The van der Waals surface area contributed by atoms with Crippen molar-refractivity contribution in [2.75, 3.05) is 0 Å². The number of rotatable bonds is 4. The normalized spacial score (nSPS) is 53.7. The summed E-state index contributed by atoms with van der Waals surface area (Å²) >= 11 is 0. The number of aliphatic hydroxyl groups is 10. The maximum absolute atomic E-state index is 12.1. The molecule has 2 rings (SSSR count). The van der Waals surface area contributed by atoms with Gasteiger partial charge in [0, 0.05) is 0 Å². The Morgan fingerprint density at radius 3 is 0.852 bits per heavy atom. The Kier molecular flexibility index (Phi) is 7.00. The molecule has 0 aliphatic heterocycles. The average molecular weight is 422 g/mol. The van der Waals surface area contributed by atoms with E-state index in [0.29, 0.717) is 0 Å². The van der Waals surface area contributed by atoms with Gasteiger partial charge in [-0.1, -0.05) is 0 Å². The maximum Gasteiger partial charge on any atom is 0.473 e. The average Bonchev–Trinajstić information content (AvgIpc) is 2.62. The first kappa shape index (κ1) is 23.0. The molecule has 160 valence electrons. The molecule has 2 aliphatic rings. The molecule has 0 spiro atoms. The van der Waals surface area contributed by atoms with Gasteiger partial charge in [-0.3, -0.25) is 9.05 Å². The molecule has 0 heterocycles. The second kappa shape index (κ2) is 8.22. The van der Waals surface area contributed by atoms with Crippen molar-refractivity contribution in [3.63, 3.8) is 0 Å². The molecular weight excluding hydrogens is 399 g/mol. The smallest absolute Gasteiger partial charge is 0.387 e. The van der Waals surface area contributed by atoms with Crippen LogP contribution in [0.2, 0.25) is 0 Å². The summed E-state index contributed by atoms with van der Waals surface area (Å²) in [5, 5.41) is 96.3. The fraction of sp³-hybridized carbons (Fsp3) is 1.00. The molecule has 13 atom stereocenters. The molecule has 0 bridgehead atoms. The molecule has 11 unspecified atom stereocenters. The molecule has 0 saturated heterocycles. The Labute approximate surface area is 151 Å². The van der Waals surface area contributed by atoms with E-state index in [4.69, 9.17) is 0 Å². The summed E-state index contributed by atoms with van der Waals surface area (Å²) in [6, 6.07) is 0. The molecule has 0 radical (unpaired) electrons. The van der Waals surface area contributed by atoms with E-state index >= 15 is 0 Å². The minimum Gasteiger partial charge on any atom is -0.387 e. The van der Waals surface area contributed by atoms with E-state index < -0.39 is 81.1 Å². The molecule has 14 nitrogen and oxygen atoms in total. The standard InChI is InChI=1S/C12H23O14P/c13-1-3(15)7(19)11(8(20)4(1)16)25-27(23,24)26-12-9(21)5(17)2(14)6(18)10(12)22/h1-22H,(H,23,24)/t1?,2?,3-,4?,5?,6?,7?,8?,9-,10?,11?,12?/m1/s1. The lowest BCUT2D eigenvalue weighted by Crippen LogP contribution is -2.65. The zero-order valence-electron chi connectivity index (χ0n) is 13.5. The van der Waals surface area contributed by atoms with Crippen LogP contribution < -0.4 is 0 Å². The molecule has 27 heavy (non-hydrogen) atoms. The van der Waals surface area contributed by atoms with Crippen LogP contribution in [0.25, 0.3) is 0 Å². The summed E-state index contributed by atoms with van der Waals surface area (Å²) in [7, 11) is -5.37. The summed E-state index contributed by atoms with van der Waals surface area (Å²) in [5.74, 6) is 0. The van der Waals surface area contributed by atoms with Crippen molar-refractivity contribution >= 4 is 7.82 Å². The summed E-state index contributed by atoms with van der Waals surface area (Å²) in [5.41, 5.74) is 0. The van der Waals surface area contributed by atoms with Crippen LogP contribution in [0.1, 0.15) is 0 Å². The topological polar surface area (TPSA) is 258 Å². The first-order valence-corrected chi connectivity index (χ1v) is 9.30. The van der Waals surface area contributed by atoms with Crippen LogP contribution in [0.3, 0.4) is 0 Å². The molecule has 0 amide bonds. The molecule has 15 heteroatoms. The molecule has 2 fully saturated rings. The quantitative estimate of drug-likeness (QED) is 0.188. The van der Waals surface area contributed by atoms with Crippen molar-refractivity contribution in [1.82, 2.24) is 0 Å². The van der Waals surface area contributed by atoms with Gasteiger partial charge in [0.1, 0.15) is 73.2 Å². The van der Waals surface area contributed by atoms with Gasteiger partial charge in [-0.25, -0.2) is 4.57 Å². The lowest BCUT2D eigenvalue weighted by atomic mass is 9.85. The molecule has 2 saturated carbocycles. The Hall–Kier alpha value is -0.290. The van der Waals surface area contributed by atoms with E-state index in [0.717, 1.165) is 0 Å². The SMILES string of the molecule is O=P(O)(OC1C(O)C(O)C(O)[C@@H](O)C1O)OC1C(O)C(O)C(O)C(O)[C@H]1O. The summed E-state index contributed by atoms with van der Waals surface area (Å²) in [4.78, 5) is 9.78. The highest BCUT2D eigenvalue weighted by molar-refractivity contribution is 7.47. The van der Waals surface area contributed by atoms with Crippen LogP contribution in [-0.4, -0.2) is 129 Å². The van der Waals surface area contributed by atoms with E-state index in [1.165, 1.54) is 0 Å². The van der Waals surface area contributed by atoms with Gasteiger partial charge in [-0.2, -0.15) is 0 Å². The Morgan fingerprint density at radius 2 is 0.630 bits per heavy atom. The van der Waals surface area contributed by atoms with Crippen molar-refractivity contribution in [2.45, 2.75) is 73.2 Å². The summed E-state index contributed by atoms with van der Waals surface area (Å²) < 4.78 is 21.1. The third-order valence-corrected chi connectivity index (χ3v) is 5.68. The van der Waals surface area contributed by atoms with Gasteiger partial charge in [0.15, 0.2) is 0 Å². The van der Waals surface area contributed by atoms with Crippen LogP contribution >= 0.6 is 7.82 Å². The predicted octanol–water partition coefficient (Wildman–Crippen LogP) is -6.51. The van der Waals surface area contributed by atoms with Crippen LogP contribution in [-0.2, 0) is 13.6 Å². The number of hydrogen-bond acceptors (Lipinski definition) is 13. The van der Waals surface area contributed by atoms with Gasteiger partial charge in [-0.05, 0) is 0 Å².